The molecular weight excluding hydrogens is 482 g/mol. The molecule has 0 spiro atoms. The predicted molar refractivity (Wildman–Crippen MR) is 144 cm³/mol. The number of H-pyrrole nitrogens is 1. The number of ether oxygens (including phenoxy) is 3. The molecule has 0 unspecified atom stereocenters. The third-order valence-electron chi connectivity index (χ3n) is 8.32. The standard InChI is InChI=1S/C30H35N3O5/c1-4-13-38-24-12-11-19(15-25(24)36-3)22-17-33-26(34)18-32(16-20-8-7-14-37-20)29(35)30(33,2)28-27(22)21-9-5-6-10-23(21)31-28/h5-6,9-12,15,20,22,31H,4,7-8,13-14,16-18H2,1-3H3/t20-,22-,30-/m0/s1. The van der Waals surface area contributed by atoms with Gasteiger partial charge in [-0.25, -0.2) is 0 Å². The van der Waals surface area contributed by atoms with Crippen LogP contribution in [0.4, 0.5) is 0 Å². The number of nitrogens with zero attached hydrogens (tertiary/aromatic N) is 2. The molecule has 3 aliphatic heterocycles. The Labute approximate surface area is 222 Å². The van der Waals surface area contributed by atoms with Gasteiger partial charge in [0.05, 0.1) is 32.1 Å². The van der Waals surface area contributed by atoms with Gasteiger partial charge in [-0.05, 0) is 55.5 Å². The summed E-state index contributed by atoms with van der Waals surface area (Å²) in [4.78, 5) is 34.9. The first kappa shape index (κ1) is 24.8. The monoisotopic (exact) mass is 517 g/mol. The van der Waals surface area contributed by atoms with Crippen LogP contribution in [-0.2, 0) is 19.9 Å². The summed E-state index contributed by atoms with van der Waals surface area (Å²) in [6, 6.07) is 14.1. The minimum absolute atomic E-state index is 0.0127. The molecule has 3 aromatic rings. The molecule has 0 bridgehead atoms. The zero-order chi connectivity index (χ0) is 26.4. The average Bonchev–Trinajstić information content (AvgIpc) is 3.59. The van der Waals surface area contributed by atoms with Crippen molar-refractivity contribution in [1.29, 1.82) is 0 Å². The molecule has 2 amide bonds. The largest absolute Gasteiger partial charge is 0.493 e. The highest BCUT2D eigenvalue weighted by atomic mass is 16.5. The van der Waals surface area contributed by atoms with Crippen molar-refractivity contribution in [2.24, 2.45) is 0 Å². The van der Waals surface area contributed by atoms with Gasteiger partial charge in [-0.3, -0.25) is 9.59 Å². The lowest BCUT2D eigenvalue weighted by Gasteiger charge is -2.51. The Balaban J connectivity index is 1.46. The summed E-state index contributed by atoms with van der Waals surface area (Å²) in [6.45, 7) is 6.20. The molecule has 0 saturated carbocycles. The van der Waals surface area contributed by atoms with Crippen LogP contribution in [0.15, 0.2) is 42.5 Å². The lowest BCUT2D eigenvalue weighted by molar-refractivity contribution is -0.167. The number of para-hydroxylation sites is 1. The molecule has 200 valence electrons. The fourth-order valence-corrected chi connectivity index (χ4v) is 6.39. The Morgan fingerprint density at radius 2 is 2.00 bits per heavy atom. The molecule has 2 fully saturated rings. The lowest BCUT2D eigenvalue weighted by Crippen LogP contribution is -2.68. The zero-order valence-electron chi connectivity index (χ0n) is 22.3. The highest BCUT2D eigenvalue weighted by Crippen LogP contribution is 2.49. The Morgan fingerprint density at radius 3 is 2.76 bits per heavy atom. The van der Waals surface area contributed by atoms with E-state index in [1.165, 1.54) is 0 Å². The molecule has 0 aliphatic carbocycles. The SMILES string of the molecule is CCCOc1ccc([C@@H]2CN3C(=O)CN(C[C@@H]4CCCO4)C(=O)[C@]3(C)c3[nH]c4ccccc4c32)cc1OC. The summed E-state index contributed by atoms with van der Waals surface area (Å²) in [5, 5.41) is 1.06. The minimum Gasteiger partial charge on any atom is -0.493 e. The van der Waals surface area contributed by atoms with Gasteiger partial charge >= 0.3 is 0 Å². The first-order valence-electron chi connectivity index (χ1n) is 13.6. The van der Waals surface area contributed by atoms with Gasteiger partial charge in [0.25, 0.3) is 5.91 Å². The molecule has 6 rings (SSSR count). The number of piperazine rings is 1. The quantitative estimate of drug-likeness (QED) is 0.509. The molecular formula is C30H35N3O5. The second kappa shape index (κ2) is 9.66. The van der Waals surface area contributed by atoms with Gasteiger partial charge in [-0.15, -0.1) is 0 Å². The van der Waals surface area contributed by atoms with Crippen molar-refractivity contribution in [2.75, 3.05) is 40.0 Å². The van der Waals surface area contributed by atoms with Crippen LogP contribution in [0.3, 0.4) is 0 Å². The number of carbonyl (C=O) groups excluding carboxylic acids is 2. The summed E-state index contributed by atoms with van der Waals surface area (Å²) in [5.41, 5.74) is 2.70. The van der Waals surface area contributed by atoms with E-state index < -0.39 is 5.54 Å². The van der Waals surface area contributed by atoms with Crippen molar-refractivity contribution in [3.05, 3.63) is 59.3 Å². The van der Waals surface area contributed by atoms with Crippen LogP contribution in [0.2, 0.25) is 0 Å². The summed E-state index contributed by atoms with van der Waals surface area (Å²) in [7, 11) is 1.64. The second-order valence-corrected chi connectivity index (χ2v) is 10.7. The van der Waals surface area contributed by atoms with Crippen molar-refractivity contribution < 1.29 is 23.8 Å². The normalized spacial score (nSPS) is 25.0. The first-order valence-corrected chi connectivity index (χ1v) is 13.6. The number of nitrogens with one attached hydrogen (secondary N) is 1. The van der Waals surface area contributed by atoms with E-state index in [1.807, 2.05) is 43.3 Å². The van der Waals surface area contributed by atoms with Crippen LogP contribution >= 0.6 is 0 Å². The van der Waals surface area contributed by atoms with Crippen LogP contribution in [0.25, 0.3) is 10.9 Å². The number of carbonyl (C=O) groups is 2. The van der Waals surface area contributed by atoms with Gasteiger partial charge in [0.2, 0.25) is 5.91 Å². The molecule has 8 heteroatoms. The average molecular weight is 518 g/mol. The number of hydrogen-bond acceptors (Lipinski definition) is 5. The van der Waals surface area contributed by atoms with Gasteiger partial charge in [0.15, 0.2) is 17.0 Å². The smallest absolute Gasteiger partial charge is 0.255 e. The molecule has 3 aliphatic rings. The Bertz CT molecular complexity index is 1380. The highest BCUT2D eigenvalue weighted by molar-refractivity contribution is 6.01. The van der Waals surface area contributed by atoms with Gasteiger partial charge < -0.3 is 29.0 Å². The van der Waals surface area contributed by atoms with Crippen LogP contribution in [0.5, 0.6) is 11.5 Å². The van der Waals surface area contributed by atoms with Crippen molar-refractivity contribution in [3.8, 4) is 11.5 Å². The molecule has 8 nitrogen and oxygen atoms in total. The van der Waals surface area contributed by atoms with Crippen molar-refractivity contribution in [3.63, 3.8) is 0 Å². The summed E-state index contributed by atoms with van der Waals surface area (Å²) < 4.78 is 17.4. The number of aromatic nitrogens is 1. The van der Waals surface area contributed by atoms with E-state index in [2.05, 4.69) is 18.0 Å². The minimum atomic E-state index is -1.12. The first-order chi connectivity index (χ1) is 18.5. The number of hydrogen-bond donors (Lipinski definition) is 1. The van der Waals surface area contributed by atoms with Crippen molar-refractivity contribution in [2.45, 2.75) is 50.7 Å². The maximum absolute atomic E-state index is 14.2. The number of aromatic amines is 1. The number of methoxy groups -OCH3 is 1. The van der Waals surface area contributed by atoms with E-state index in [1.54, 1.807) is 16.9 Å². The highest BCUT2D eigenvalue weighted by Gasteiger charge is 2.56. The van der Waals surface area contributed by atoms with Crippen LogP contribution in [0.1, 0.15) is 55.8 Å². The predicted octanol–water partition coefficient (Wildman–Crippen LogP) is 4.18. The summed E-state index contributed by atoms with van der Waals surface area (Å²) >= 11 is 0. The molecule has 1 aromatic heterocycles. The summed E-state index contributed by atoms with van der Waals surface area (Å²) in [5.74, 6) is 1.13. The van der Waals surface area contributed by atoms with Crippen LogP contribution in [-0.4, -0.2) is 72.7 Å². The molecule has 2 aromatic carbocycles. The van der Waals surface area contributed by atoms with E-state index in [4.69, 9.17) is 14.2 Å². The Hall–Kier alpha value is -3.52. The third kappa shape index (κ3) is 3.85. The Kier molecular flexibility index (Phi) is 6.30. The van der Waals surface area contributed by atoms with Crippen LogP contribution in [0, 0.1) is 0 Å². The van der Waals surface area contributed by atoms with Gasteiger partial charge in [-0.1, -0.05) is 31.2 Å². The molecule has 3 atom stereocenters. The van der Waals surface area contributed by atoms with Gasteiger partial charge in [0.1, 0.15) is 0 Å². The fourth-order valence-electron chi connectivity index (χ4n) is 6.39. The number of fused-ring (bicyclic) bond motifs is 5. The number of amides is 2. The van der Waals surface area contributed by atoms with E-state index in [0.717, 1.165) is 47.0 Å². The number of benzene rings is 2. The summed E-state index contributed by atoms with van der Waals surface area (Å²) in [6.07, 6.45) is 2.79. The molecule has 0 radical (unpaired) electrons. The van der Waals surface area contributed by atoms with Crippen molar-refractivity contribution in [1.82, 2.24) is 14.8 Å². The topological polar surface area (TPSA) is 84.1 Å². The fraction of sp³-hybridized carbons (Fsp3) is 0.467. The maximum atomic E-state index is 14.2. The lowest BCUT2D eigenvalue weighted by atomic mass is 9.76. The third-order valence-corrected chi connectivity index (χ3v) is 8.32. The molecule has 1 N–H and O–H groups in total. The second-order valence-electron chi connectivity index (χ2n) is 10.7. The number of rotatable bonds is 7. The van der Waals surface area contributed by atoms with Crippen LogP contribution < -0.4 is 9.47 Å². The van der Waals surface area contributed by atoms with E-state index in [0.29, 0.717) is 37.8 Å². The van der Waals surface area contributed by atoms with Gasteiger partial charge in [0, 0.05) is 36.5 Å². The molecule has 38 heavy (non-hydrogen) atoms. The Morgan fingerprint density at radius 1 is 1.16 bits per heavy atom. The van der Waals surface area contributed by atoms with E-state index in [-0.39, 0.29) is 30.4 Å². The zero-order valence-corrected chi connectivity index (χ0v) is 22.3. The van der Waals surface area contributed by atoms with E-state index >= 15 is 0 Å². The van der Waals surface area contributed by atoms with E-state index in [9.17, 15) is 9.59 Å². The van der Waals surface area contributed by atoms with Crippen molar-refractivity contribution >= 4 is 22.7 Å². The molecule has 4 heterocycles. The molecule has 2 saturated heterocycles. The van der Waals surface area contributed by atoms with Gasteiger partial charge in [-0.2, -0.15) is 0 Å². The maximum Gasteiger partial charge on any atom is 0.255 e.